The van der Waals surface area contributed by atoms with Crippen molar-refractivity contribution in [3.05, 3.63) is 60.3 Å². The predicted molar refractivity (Wildman–Crippen MR) is 73.9 cm³/mol. The summed E-state index contributed by atoms with van der Waals surface area (Å²) >= 11 is 0. The molecule has 0 aliphatic rings. The van der Waals surface area contributed by atoms with E-state index in [1.165, 1.54) is 12.0 Å². The van der Waals surface area contributed by atoms with Crippen LogP contribution in [-0.2, 0) is 0 Å². The number of aliphatic imine (C=N–C) groups is 1. The number of nitrogens with zero attached hydrogens (tertiary/aromatic N) is 1. The Morgan fingerprint density at radius 3 is 2.31 bits per heavy atom. The molecule has 0 radical (unpaired) electrons. The van der Waals surface area contributed by atoms with Gasteiger partial charge in [0.2, 0.25) is 0 Å². The molecular formula is C15H21N. The molecule has 0 bridgehead atoms. The van der Waals surface area contributed by atoms with E-state index in [0.29, 0.717) is 0 Å². The Morgan fingerprint density at radius 1 is 1.19 bits per heavy atom. The summed E-state index contributed by atoms with van der Waals surface area (Å²) in [5.74, 6) is 0. The molecule has 0 aliphatic carbocycles. The highest BCUT2D eigenvalue weighted by Gasteiger charge is 1.72. The third-order valence-electron chi connectivity index (χ3n) is 1.83. The lowest BCUT2D eigenvalue weighted by Gasteiger charge is -1.82. The van der Waals surface area contributed by atoms with Crippen molar-refractivity contribution in [2.75, 3.05) is 0 Å². The van der Waals surface area contributed by atoms with Crippen molar-refractivity contribution >= 4 is 6.72 Å². The lowest BCUT2D eigenvalue weighted by Crippen LogP contribution is -1.62. The third kappa shape index (κ3) is 10.5. The van der Waals surface area contributed by atoms with Gasteiger partial charge in [-0.2, -0.15) is 0 Å². The van der Waals surface area contributed by atoms with Crippen LogP contribution in [0.4, 0.5) is 0 Å². The average molecular weight is 215 g/mol. The number of unbranched alkanes of at least 4 members (excludes halogenated alkanes) is 1. The molecular weight excluding hydrogens is 194 g/mol. The maximum atomic E-state index is 3.55. The molecule has 1 rings (SSSR count). The number of rotatable bonds is 4. The topological polar surface area (TPSA) is 12.4 Å². The van der Waals surface area contributed by atoms with E-state index in [1.807, 2.05) is 30.4 Å². The second kappa shape index (κ2) is 11.4. The van der Waals surface area contributed by atoms with E-state index in [2.05, 4.69) is 43.8 Å². The molecule has 0 fully saturated rings. The van der Waals surface area contributed by atoms with E-state index in [0.717, 1.165) is 6.42 Å². The maximum absolute atomic E-state index is 3.55. The molecule has 0 unspecified atom stereocenters. The van der Waals surface area contributed by atoms with Crippen LogP contribution in [0.1, 0.15) is 25.3 Å². The Labute approximate surface area is 99.2 Å². The fourth-order valence-corrected chi connectivity index (χ4v) is 0.986. The molecule has 0 heterocycles. The fourth-order valence-electron chi connectivity index (χ4n) is 0.986. The second-order valence-corrected chi connectivity index (χ2v) is 3.40. The van der Waals surface area contributed by atoms with E-state index < -0.39 is 0 Å². The van der Waals surface area contributed by atoms with Gasteiger partial charge in [0, 0.05) is 6.20 Å². The minimum atomic E-state index is 1.14. The second-order valence-electron chi connectivity index (χ2n) is 3.40. The molecule has 0 aliphatic heterocycles. The Morgan fingerprint density at radius 2 is 1.88 bits per heavy atom. The SMILES string of the molecule is C=N/C=C\C=C/CCC.Cc1ccccc1. The molecule has 16 heavy (non-hydrogen) atoms. The molecule has 86 valence electrons. The van der Waals surface area contributed by atoms with E-state index >= 15 is 0 Å². The minimum Gasteiger partial charge on any atom is -0.273 e. The van der Waals surface area contributed by atoms with Crippen LogP contribution in [0.5, 0.6) is 0 Å². The summed E-state index contributed by atoms with van der Waals surface area (Å²) in [5, 5.41) is 0. The van der Waals surface area contributed by atoms with Gasteiger partial charge in [0.25, 0.3) is 0 Å². The normalized spacial score (nSPS) is 10.1. The highest BCUT2D eigenvalue weighted by atomic mass is 14.6. The van der Waals surface area contributed by atoms with Crippen molar-refractivity contribution in [3.8, 4) is 0 Å². The van der Waals surface area contributed by atoms with Crippen LogP contribution >= 0.6 is 0 Å². The summed E-state index contributed by atoms with van der Waals surface area (Å²) < 4.78 is 0. The zero-order valence-electron chi connectivity index (χ0n) is 10.3. The van der Waals surface area contributed by atoms with Gasteiger partial charge in [0.05, 0.1) is 0 Å². The average Bonchev–Trinajstić information content (AvgIpc) is 2.31. The first-order valence-corrected chi connectivity index (χ1v) is 5.60. The summed E-state index contributed by atoms with van der Waals surface area (Å²) in [4.78, 5) is 3.55. The molecule has 1 aromatic carbocycles. The fraction of sp³-hybridized carbons (Fsp3) is 0.267. The highest BCUT2D eigenvalue weighted by molar-refractivity contribution is 5.26. The molecule has 0 atom stereocenters. The van der Waals surface area contributed by atoms with Crippen LogP contribution in [0, 0.1) is 6.92 Å². The van der Waals surface area contributed by atoms with E-state index in [-0.39, 0.29) is 0 Å². The lowest BCUT2D eigenvalue weighted by molar-refractivity contribution is 0.959. The van der Waals surface area contributed by atoms with Crippen molar-refractivity contribution < 1.29 is 0 Å². The van der Waals surface area contributed by atoms with Gasteiger partial charge in [-0.15, -0.1) is 0 Å². The monoisotopic (exact) mass is 215 g/mol. The zero-order chi connectivity index (χ0) is 12.1. The number of hydrogen-bond acceptors (Lipinski definition) is 1. The highest BCUT2D eigenvalue weighted by Crippen LogP contribution is 1.92. The Kier molecular flexibility index (Phi) is 10.3. The number of hydrogen-bond donors (Lipinski definition) is 0. The molecule has 0 aromatic heterocycles. The Hall–Kier alpha value is -1.63. The van der Waals surface area contributed by atoms with E-state index in [4.69, 9.17) is 0 Å². The van der Waals surface area contributed by atoms with Gasteiger partial charge in [0.1, 0.15) is 0 Å². The summed E-state index contributed by atoms with van der Waals surface area (Å²) in [7, 11) is 0. The predicted octanol–water partition coefficient (Wildman–Crippen LogP) is 4.55. The molecule has 1 nitrogen and oxygen atoms in total. The van der Waals surface area contributed by atoms with E-state index in [9.17, 15) is 0 Å². The van der Waals surface area contributed by atoms with Crippen molar-refractivity contribution in [1.29, 1.82) is 0 Å². The lowest BCUT2D eigenvalue weighted by atomic mass is 10.2. The van der Waals surface area contributed by atoms with Crippen LogP contribution < -0.4 is 0 Å². The smallest absolute Gasteiger partial charge is 0.0260 e. The van der Waals surface area contributed by atoms with Gasteiger partial charge in [-0.05, 0) is 26.1 Å². The molecule has 0 saturated heterocycles. The van der Waals surface area contributed by atoms with Crippen LogP contribution in [0.25, 0.3) is 0 Å². The van der Waals surface area contributed by atoms with Crippen LogP contribution in [0.3, 0.4) is 0 Å². The zero-order valence-corrected chi connectivity index (χ0v) is 10.3. The first-order chi connectivity index (χ1) is 7.81. The van der Waals surface area contributed by atoms with Gasteiger partial charge < -0.3 is 0 Å². The van der Waals surface area contributed by atoms with Crippen LogP contribution in [0.2, 0.25) is 0 Å². The molecule has 0 saturated carbocycles. The largest absolute Gasteiger partial charge is 0.273 e. The van der Waals surface area contributed by atoms with Crippen molar-refractivity contribution in [2.45, 2.75) is 26.7 Å². The summed E-state index contributed by atoms with van der Waals surface area (Å²) in [6.07, 6.45) is 9.99. The minimum absolute atomic E-state index is 1.14. The van der Waals surface area contributed by atoms with Gasteiger partial charge >= 0.3 is 0 Å². The molecule has 1 heteroatoms. The molecule has 0 amide bonds. The molecule has 0 N–H and O–H groups in total. The van der Waals surface area contributed by atoms with Crippen molar-refractivity contribution in [2.24, 2.45) is 4.99 Å². The van der Waals surface area contributed by atoms with Crippen molar-refractivity contribution in [3.63, 3.8) is 0 Å². The standard InChI is InChI=1S/C8H13N.C7H8/c1-3-4-5-6-7-8-9-2;1-7-5-3-2-4-6-7/h5-8H,2-4H2,1H3;2-6H,1H3/b6-5-,8-7-;. The Balaban J connectivity index is 0.000000288. The third-order valence-corrected chi connectivity index (χ3v) is 1.83. The van der Waals surface area contributed by atoms with Gasteiger partial charge in [-0.3, -0.25) is 4.99 Å². The van der Waals surface area contributed by atoms with Gasteiger partial charge in [-0.25, -0.2) is 0 Å². The first-order valence-electron chi connectivity index (χ1n) is 5.60. The van der Waals surface area contributed by atoms with Gasteiger partial charge in [-0.1, -0.05) is 61.4 Å². The molecule has 1 aromatic rings. The van der Waals surface area contributed by atoms with E-state index in [1.54, 1.807) is 6.20 Å². The first kappa shape index (κ1) is 14.4. The summed E-state index contributed by atoms with van der Waals surface area (Å²) in [5.41, 5.74) is 1.32. The van der Waals surface area contributed by atoms with Crippen LogP contribution in [0.15, 0.2) is 59.8 Å². The number of allylic oxidation sites excluding steroid dienone is 3. The Bertz CT molecular complexity index is 309. The summed E-state index contributed by atoms with van der Waals surface area (Å²) in [6, 6.07) is 10.3. The number of benzene rings is 1. The summed E-state index contributed by atoms with van der Waals surface area (Å²) in [6.45, 7) is 7.54. The maximum Gasteiger partial charge on any atom is 0.0260 e. The van der Waals surface area contributed by atoms with Crippen LogP contribution in [-0.4, -0.2) is 6.72 Å². The quantitative estimate of drug-likeness (QED) is 0.516. The molecule has 0 spiro atoms. The van der Waals surface area contributed by atoms with Gasteiger partial charge in [0.15, 0.2) is 0 Å². The number of aryl methyl sites for hydroxylation is 1. The van der Waals surface area contributed by atoms with Crippen molar-refractivity contribution in [1.82, 2.24) is 0 Å².